The molecule has 2 rings (SSSR count). The Morgan fingerprint density at radius 2 is 2.07 bits per heavy atom. The highest BCUT2D eigenvalue weighted by atomic mass is 35.5. The molecule has 0 amide bonds. The molecule has 0 aromatic heterocycles. The fraction of sp³-hybridized carbons (Fsp3) is 0.455. The smallest absolute Gasteiger partial charge is 0.231 e. The molecule has 1 N–H and O–H groups in total. The SMILES string of the molecule is CNC(CCl)c1cc2c(cc1C)OCO2. The van der Waals surface area contributed by atoms with Crippen molar-refractivity contribution in [2.24, 2.45) is 0 Å². The number of alkyl halides is 1. The van der Waals surface area contributed by atoms with Gasteiger partial charge >= 0.3 is 0 Å². The van der Waals surface area contributed by atoms with Gasteiger partial charge in [0.15, 0.2) is 11.5 Å². The summed E-state index contributed by atoms with van der Waals surface area (Å²) >= 11 is 5.89. The normalized spacial score (nSPS) is 15.4. The zero-order valence-electron chi connectivity index (χ0n) is 8.84. The van der Waals surface area contributed by atoms with E-state index >= 15 is 0 Å². The van der Waals surface area contributed by atoms with Crippen LogP contribution in [0.2, 0.25) is 0 Å². The summed E-state index contributed by atoms with van der Waals surface area (Å²) in [4.78, 5) is 0. The van der Waals surface area contributed by atoms with Gasteiger partial charge in [0, 0.05) is 11.9 Å². The minimum atomic E-state index is 0.154. The van der Waals surface area contributed by atoms with E-state index < -0.39 is 0 Å². The fourth-order valence-electron chi connectivity index (χ4n) is 1.75. The number of rotatable bonds is 3. The van der Waals surface area contributed by atoms with Gasteiger partial charge in [-0.3, -0.25) is 0 Å². The molecule has 4 heteroatoms. The third-order valence-corrected chi connectivity index (χ3v) is 2.95. The molecule has 1 aromatic carbocycles. The standard InChI is InChI=1S/C11H14ClNO2/c1-7-3-10-11(15-6-14-10)4-8(7)9(5-12)13-2/h3-4,9,13H,5-6H2,1-2H3. The van der Waals surface area contributed by atoms with Crippen LogP contribution in [-0.4, -0.2) is 19.7 Å². The third kappa shape index (κ3) is 1.90. The zero-order chi connectivity index (χ0) is 10.8. The van der Waals surface area contributed by atoms with Crippen molar-refractivity contribution in [3.63, 3.8) is 0 Å². The van der Waals surface area contributed by atoms with E-state index in [1.165, 1.54) is 5.56 Å². The van der Waals surface area contributed by atoms with Gasteiger partial charge in [0.1, 0.15) is 0 Å². The topological polar surface area (TPSA) is 30.5 Å². The lowest BCUT2D eigenvalue weighted by Gasteiger charge is -2.16. The van der Waals surface area contributed by atoms with Gasteiger partial charge in [0.05, 0.1) is 0 Å². The summed E-state index contributed by atoms with van der Waals surface area (Å²) in [5.41, 5.74) is 2.33. The molecular weight excluding hydrogens is 214 g/mol. The molecule has 1 heterocycles. The number of nitrogens with one attached hydrogen (secondary N) is 1. The molecule has 82 valence electrons. The maximum atomic E-state index is 5.89. The number of fused-ring (bicyclic) bond motifs is 1. The number of aryl methyl sites for hydroxylation is 1. The van der Waals surface area contributed by atoms with Crippen LogP contribution in [0.15, 0.2) is 12.1 Å². The number of benzene rings is 1. The van der Waals surface area contributed by atoms with E-state index in [0.29, 0.717) is 12.7 Å². The molecule has 1 atom stereocenters. The molecule has 0 saturated heterocycles. The maximum Gasteiger partial charge on any atom is 0.231 e. The highest BCUT2D eigenvalue weighted by molar-refractivity contribution is 6.18. The van der Waals surface area contributed by atoms with Crippen LogP contribution in [0, 0.1) is 6.92 Å². The van der Waals surface area contributed by atoms with E-state index in [2.05, 4.69) is 5.32 Å². The Labute approximate surface area is 94.3 Å². The predicted molar refractivity (Wildman–Crippen MR) is 59.8 cm³/mol. The Hall–Kier alpha value is -0.930. The van der Waals surface area contributed by atoms with Crippen molar-refractivity contribution < 1.29 is 9.47 Å². The van der Waals surface area contributed by atoms with Crippen molar-refractivity contribution in [1.82, 2.24) is 5.32 Å². The zero-order valence-corrected chi connectivity index (χ0v) is 9.60. The molecule has 0 bridgehead atoms. The summed E-state index contributed by atoms with van der Waals surface area (Å²) in [6, 6.07) is 4.15. The first-order valence-electron chi connectivity index (χ1n) is 4.89. The van der Waals surface area contributed by atoms with E-state index in [1.807, 2.05) is 26.1 Å². The van der Waals surface area contributed by atoms with Crippen LogP contribution < -0.4 is 14.8 Å². The Morgan fingerprint density at radius 3 is 2.67 bits per heavy atom. The molecule has 1 aliphatic heterocycles. The Bertz CT molecular complexity index is 364. The first-order valence-corrected chi connectivity index (χ1v) is 5.43. The van der Waals surface area contributed by atoms with Crippen LogP contribution in [0.5, 0.6) is 11.5 Å². The highest BCUT2D eigenvalue weighted by Gasteiger charge is 2.19. The van der Waals surface area contributed by atoms with E-state index in [9.17, 15) is 0 Å². The minimum absolute atomic E-state index is 0.154. The maximum absolute atomic E-state index is 5.89. The molecule has 3 nitrogen and oxygen atoms in total. The predicted octanol–water partition coefficient (Wildman–Crippen LogP) is 2.22. The van der Waals surface area contributed by atoms with Crippen molar-refractivity contribution in [3.05, 3.63) is 23.3 Å². The second-order valence-electron chi connectivity index (χ2n) is 3.56. The summed E-state index contributed by atoms with van der Waals surface area (Å²) in [6.07, 6.45) is 0. The second kappa shape index (κ2) is 4.29. The van der Waals surface area contributed by atoms with E-state index in [0.717, 1.165) is 17.1 Å². The van der Waals surface area contributed by atoms with E-state index in [4.69, 9.17) is 21.1 Å². The number of hydrogen-bond acceptors (Lipinski definition) is 3. The minimum Gasteiger partial charge on any atom is -0.454 e. The number of ether oxygens (including phenoxy) is 2. The average Bonchev–Trinajstić information content (AvgIpc) is 2.67. The van der Waals surface area contributed by atoms with Crippen molar-refractivity contribution in [1.29, 1.82) is 0 Å². The molecule has 0 radical (unpaired) electrons. The van der Waals surface area contributed by atoms with Gasteiger partial charge in [-0.25, -0.2) is 0 Å². The summed E-state index contributed by atoms with van der Waals surface area (Å²) in [5.74, 6) is 2.17. The Morgan fingerprint density at radius 1 is 1.40 bits per heavy atom. The third-order valence-electron chi connectivity index (χ3n) is 2.64. The van der Waals surface area contributed by atoms with Crippen molar-refractivity contribution >= 4 is 11.6 Å². The highest BCUT2D eigenvalue weighted by Crippen LogP contribution is 2.36. The van der Waals surface area contributed by atoms with Crippen LogP contribution in [-0.2, 0) is 0 Å². The van der Waals surface area contributed by atoms with Gasteiger partial charge < -0.3 is 14.8 Å². The molecule has 0 fully saturated rings. The summed E-state index contributed by atoms with van der Waals surface area (Å²) in [5, 5.41) is 3.17. The van der Waals surface area contributed by atoms with Crippen LogP contribution in [0.1, 0.15) is 17.2 Å². The van der Waals surface area contributed by atoms with Gasteiger partial charge in [-0.05, 0) is 37.2 Å². The largest absolute Gasteiger partial charge is 0.454 e. The van der Waals surface area contributed by atoms with E-state index in [-0.39, 0.29) is 6.04 Å². The fourth-order valence-corrected chi connectivity index (χ4v) is 2.07. The van der Waals surface area contributed by atoms with Crippen LogP contribution >= 0.6 is 11.6 Å². The lowest BCUT2D eigenvalue weighted by Crippen LogP contribution is -2.18. The van der Waals surface area contributed by atoms with Crippen molar-refractivity contribution in [2.75, 3.05) is 19.7 Å². The lowest BCUT2D eigenvalue weighted by atomic mass is 10.0. The first-order chi connectivity index (χ1) is 7.26. The van der Waals surface area contributed by atoms with Gasteiger partial charge in [0.2, 0.25) is 6.79 Å². The quantitative estimate of drug-likeness (QED) is 0.804. The van der Waals surface area contributed by atoms with Gasteiger partial charge in [-0.15, -0.1) is 11.6 Å². The summed E-state index contributed by atoms with van der Waals surface area (Å²) < 4.78 is 10.6. The number of halogens is 1. The molecule has 1 aliphatic rings. The van der Waals surface area contributed by atoms with Gasteiger partial charge in [-0.2, -0.15) is 0 Å². The van der Waals surface area contributed by atoms with Crippen molar-refractivity contribution in [2.45, 2.75) is 13.0 Å². The molecule has 0 saturated carbocycles. The Kier molecular flexibility index (Phi) is 3.03. The molecular formula is C11H14ClNO2. The molecule has 1 aromatic rings. The van der Waals surface area contributed by atoms with Crippen molar-refractivity contribution in [3.8, 4) is 11.5 Å². The molecule has 0 aliphatic carbocycles. The average molecular weight is 228 g/mol. The Balaban J connectivity index is 2.39. The van der Waals surface area contributed by atoms with Crippen LogP contribution in [0.4, 0.5) is 0 Å². The molecule has 1 unspecified atom stereocenters. The first kappa shape index (κ1) is 10.6. The van der Waals surface area contributed by atoms with Crippen LogP contribution in [0.25, 0.3) is 0 Å². The van der Waals surface area contributed by atoms with E-state index in [1.54, 1.807) is 0 Å². The monoisotopic (exact) mass is 227 g/mol. The summed E-state index contributed by atoms with van der Waals surface area (Å²) in [7, 11) is 1.90. The van der Waals surface area contributed by atoms with Gasteiger partial charge in [0.25, 0.3) is 0 Å². The number of hydrogen-bond donors (Lipinski definition) is 1. The lowest BCUT2D eigenvalue weighted by molar-refractivity contribution is 0.174. The van der Waals surface area contributed by atoms with Crippen LogP contribution in [0.3, 0.4) is 0 Å². The molecule has 0 spiro atoms. The molecule has 15 heavy (non-hydrogen) atoms. The van der Waals surface area contributed by atoms with Gasteiger partial charge in [-0.1, -0.05) is 0 Å². The summed E-state index contributed by atoms with van der Waals surface area (Å²) in [6.45, 7) is 2.36. The second-order valence-corrected chi connectivity index (χ2v) is 3.87.